The minimum absolute atomic E-state index is 0.181. The van der Waals surface area contributed by atoms with Gasteiger partial charge in [-0.05, 0) is 0 Å². The minimum atomic E-state index is -0.906. The summed E-state index contributed by atoms with van der Waals surface area (Å²) in [5, 5.41) is 8.68. The second kappa shape index (κ2) is 4.25. The smallest absolute Gasteiger partial charge is 0.325 e. The summed E-state index contributed by atoms with van der Waals surface area (Å²) in [4.78, 5) is 33.5. The average molecular weight is 188 g/mol. The number of nitrogens with zero attached hydrogens (tertiary/aromatic N) is 1. The van der Waals surface area contributed by atoms with Gasteiger partial charge in [0.25, 0.3) is 0 Å². The topological polar surface area (TPSA) is 71.4 Å². The first-order chi connectivity index (χ1) is 5.89. The quantitative estimate of drug-likeness (QED) is 0.589. The van der Waals surface area contributed by atoms with Crippen LogP contribution < -0.4 is 0 Å². The second-order valence-electron chi connectivity index (χ2n) is 2.81. The molecule has 0 rings (SSSR count). The van der Waals surface area contributed by atoms with Gasteiger partial charge in [-0.25, -0.2) is 14.4 Å². The van der Waals surface area contributed by atoms with E-state index in [0.717, 1.165) is 0 Å². The van der Waals surface area contributed by atoms with Crippen LogP contribution in [0.5, 0.6) is 0 Å². The molecule has 0 saturated carbocycles. The van der Waals surface area contributed by atoms with E-state index in [1.165, 1.54) is 20.8 Å². The molecule has 0 aliphatic carbocycles. The molecule has 0 fully saturated rings. The Morgan fingerprint density at radius 1 is 1.00 bits per heavy atom. The first kappa shape index (κ1) is 11.9. The minimum Gasteiger partial charge on any atom is -0.390 e. The van der Waals surface area contributed by atoms with Crippen LogP contribution in [0.2, 0.25) is 0 Å². The van der Waals surface area contributed by atoms with Gasteiger partial charge in [-0.15, -0.1) is 4.48 Å². The highest BCUT2D eigenvalue weighted by atomic mass is 16.3. The average Bonchev–Trinajstić information content (AvgIpc) is 1.97. The number of amides is 3. The van der Waals surface area contributed by atoms with Crippen LogP contribution in [0.15, 0.2) is 0 Å². The number of hydrogen-bond donors (Lipinski definition) is 1. The van der Waals surface area contributed by atoms with Crippen molar-refractivity contribution in [2.24, 2.45) is 0 Å². The van der Waals surface area contributed by atoms with Crippen LogP contribution >= 0.6 is 0 Å². The van der Waals surface area contributed by atoms with E-state index in [1.807, 2.05) is 0 Å². The lowest BCUT2D eigenvalue weighted by atomic mass is 10.3. The summed E-state index contributed by atoms with van der Waals surface area (Å²) < 4.78 is -0.906. The van der Waals surface area contributed by atoms with E-state index in [-0.39, 0.29) is 13.2 Å². The standard InChI is InChI=1S/C8H14NO4/c1-6(11)9(4-5-10,7(2)12)8(3)13/h10H,4-5H2,1-3H3/q+1. The maximum Gasteiger partial charge on any atom is 0.325 e. The third-order valence-electron chi connectivity index (χ3n) is 2.05. The van der Waals surface area contributed by atoms with Gasteiger partial charge in [0.1, 0.15) is 6.54 Å². The molecule has 3 amide bonds. The van der Waals surface area contributed by atoms with Crippen LogP contribution in [0, 0.1) is 0 Å². The number of rotatable bonds is 2. The second-order valence-corrected chi connectivity index (χ2v) is 2.81. The Kier molecular flexibility index (Phi) is 3.90. The SMILES string of the molecule is CC(=O)[N+](CCO)(C(C)=O)C(C)=O. The molecule has 0 atom stereocenters. The lowest BCUT2D eigenvalue weighted by molar-refractivity contribution is -0.701. The lowest BCUT2D eigenvalue weighted by Crippen LogP contribution is -2.59. The molecule has 0 bridgehead atoms. The third-order valence-corrected chi connectivity index (χ3v) is 2.05. The van der Waals surface area contributed by atoms with Crippen LogP contribution in [-0.2, 0) is 14.4 Å². The van der Waals surface area contributed by atoms with Gasteiger partial charge in [-0.1, -0.05) is 0 Å². The molecular formula is C8H14NO4+. The summed E-state index contributed by atoms with van der Waals surface area (Å²) in [6.07, 6.45) is 0. The maximum atomic E-state index is 11.2. The van der Waals surface area contributed by atoms with E-state index in [1.54, 1.807) is 0 Å². The van der Waals surface area contributed by atoms with Crippen molar-refractivity contribution < 1.29 is 24.0 Å². The molecular weight excluding hydrogens is 174 g/mol. The Morgan fingerprint density at radius 2 is 1.31 bits per heavy atom. The number of hydrogen-bond acceptors (Lipinski definition) is 4. The molecule has 0 spiro atoms. The molecule has 5 heteroatoms. The zero-order chi connectivity index (χ0) is 10.6. The Labute approximate surface area is 76.5 Å². The highest BCUT2D eigenvalue weighted by molar-refractivity contribution is 5.95. The van der Waals surface area contributed by atoms with Gasteiger partial charge in [-0.2, -0.15) is 0 Å². The molecule has 0 aromatic heterocycles. The van der Waals surface area contributed by atoms with Gasteiger partial charge in [0, 0.05) is 0 Å². The summed E-state index contributed by atoms with van der Waals surface area (Å²) >= 11 is 0. The van der Waals surface area contributed by atoms with Gasteiger partial charge >= 0.3 is 17.7 Å². The van der Waals surface area contributed by atoms with Crippen LogP contribution in [-0.4, -0.2) is 40.5 Å². The highest BCUT2D eigenvalue weighted by Crippen LogP contribution is 2.09. The summed E-state index contributed by atoms with van der Waals surface area (Å²) in [7, 11) is 0. The van der Waals surface area contributed by atoms with Crippen molar-refractivity contribution in [1.29, 1.82) is 0 Å². The molecule has 0 aliphatic heterocycles. The summed E-state index contributed by atoms with van der Waals surface area (Å²) in [5.74, 6) is -1.68. The van der Waals surface area contributed by atoms with E-state index in [0.29, 0.717) is 0 Å². The van der Waals surface area contributed by atoms with Crippen LogP contribution in [0.4, 0.5) is 0 Å². The van der Waals surface area contributed by atoms with Crippen molar-refractivity contribution in [3.05, 3.63) is 0 Å². The van der Waals surface area contributed by atoms with Gasteiger partial charge in [0.15, 0.2) is 0 Å². The van der Waals surface area contributed by atoms with Crippen LogP contribution in [0.1, 0.15) is 20.8 Å². The van der Waals surface area contributed by atoms with Crippen molar-refractivity contribution in [2.45, 2.75) is 20.8 Å². The molecule has 74 valence electrons. The third kappa shape index (κ3) is 1.99. The molecule has 1 N–H and O–H groups in total. The molecule has 0 heterocycles. The zero-order valence-corrected chi connectivity index (χ0v) is 8.03. The molecule has 0 aromatic carbocycles. The van der Waals surface area contributed by atoms with Gasteiger partial charge < -0.3 is 5.11 Å². The van der Waals surface area contributed by atoms with E-state index in [4.69, 9.17) is 5.11 Å². The van der Waals surface area contributed by atoms with E-state index < -0.39 is 22.2 Å². The van der Waals surface area contributed by atoms with E-state index >= 15 is 0 Å². The zero-order valence-electron chi connectivity index (χ0n) is 8.03. The van der Waals surface area contributed by atoms with E-state index in [9.17, 15) is 14.4 Å². The molecule has 0 saturated heterocycles. The predicted octanol–water partition coefficient (Wildman–Crippen LogP) is -0.565. The maximum absolute atomic E-state index is 11.2. The summed E-state index contributed by atoms with van der Waals surface area (Å²) in [6.45, 7) is 2.94. The monoisotopic (exact) mass is 188 g/mol. The molecule has 0 unspecified atom stereocenters. The number of aliphatic hydroxyl groups excluding tert-OH is 1. The Bertz CT molecular complexity index is 210. The fourth-order valence-corrected chi connectivity index (χ4v) is 1.29. The Balaban J connectivity index is 5.18. The number of carbonyl (C=O) groups is 3. The van der Waals surface area contributed by atoms with E-state index in [2.05, 4.69) is 0 Å². The molecule has 13 heavy (non-hydrogen) atoms. The first-order valence-corrected chi connectivity index (χ1v) is 3.92. The largest absolute Gasteiger partial charge is 0.390 e. The normalized spacial score (nSPS) is 11.1. The van der Waals surface area contributed by atoms with Gasteiger partial charge in [0.2, 0.25) is 0 Å². The first-order valence-electron chi connectivity index (χ1n) is 3.92. The predicted molar refractivity (Wildman–Crippen MR) is 44.3 cm³/mol. The number of quaternary nitrogens is 1. The van der Waals surface area contributed by atoms with Gasteiger partial charge in [-0.3, -0.25) is 0 Å². The fourth-order valence-electron chi connectivity index (χ4n) is 1.29. The van der Waals surface area contributed by atoms with Crippen molar-refractivity contribution >= 4 is 17.7 Å². The molecule has 5 nitrogen and oxygen atoms in total. The number of carbonyl (C=O) groups excluding carboxylic acids is 3. The van der Waals surface area contributed by atoms with Crippen LogP contribution in [0.25, 0.3) is 0 Å². The molecule has 0 aliphatic rings. The van der Waals surface area contributed by atoms with Crippen molar-refractivity contribution in [3.8, 4) is 0 Å². The summed E-state index contributed by atoms with van der Waals surface area (Å²) in [5.41, 5.74) is 0. The fraction of sp³-hybridized carbons (Fsp3) is 0.625. The Morgan fingerprint density at radius 3 is 1.38 bits per heavy atom. The summed E-state index contributed by atoms with van der Waals surface area (Å²) in [6, 6.07) is 0. The number of imide groups is 3. The van der Waals surface area contributed by atoms with Crippen molar-refractivity contribution in [3.63, 3.8) is 0 Å². The number of aliphatic hydroxyl groups is 1. The highest BCUT2D eigenvalue weighted by Gasteiger charge is 2.43. The van der Waals surface area contributed by atoms with Gasteiger partial charge in [0.05, 0.1) is 27.4 Å². The lowest BCUT2D eigenvalue weighted by Gasteiger charge is -2.26. The van der Waals surface area contributed by atoms with Crippen molar-refractivity contribution in [1.82, 2.24) is 0 Å². The molecule has 0 aromatic rings. The Hall–Kier alpha value is -1.07. The molecule has 0 radical (unpaired) electrons. The van der Waals surface area contributed by atoms with Crippen molar-refractivity contribution in [2.75, 3.05) is 13.2 Å². The van der Waals surface area contributed by atoms with Crippen LogP contribution in [0.3, 0.4) is 0 Å².